The Balaban J connectivity index is 2.37. The van der Waals surface area contributed by atoms with Crippen molar-refractivity contribution in [2.24, 2.45) is 0 Å². The van der Waals surface area contributed by atoms with Gasteiger partial charge in [-0.25, -0.2) is 4.79 Å². The fourth-order valence-electron chi connectivity index (χ4n) is 1.87. The van der Waals surface area contributed by atoms with E-state index in [1.54, 1.807) is 19.2 Å². The second-order valence-corrected chi connectivity index (χ2v) is 4.94. The minimum absolute atomic E-state index is 0.161. The smallest absolute Gasteiger partial charge is 0.336 e. The number of carboxylic acid groups (broad SMARTS) is 1. The van der Waals surface area contributed by atoms with Crippen LogP contribution in [-0.4, -0.2) is 18.2 Å². The van der Waals surface area contributed by atoms with E-state index in [9.17, 15) is 9.90 Å². The first-order valence-corrected chi connectivity index (χ1v) is 6.65. The molecule has 0 heterocycles. The number of hydrogen-bond donors (Lipinski definition) is 1. The predicted octanol–water partition coefficient (Wildman–Crippen LogP) is 3.88. The molecule has 0 aromatic heterocycles. The van der Waals surface area contributed by atoms with Gasteiger partial charge in [-0.3, -0.25) is 0 Å². The van der Waals surface area contributed by atoms with Gasteiger partial charge in [-0.15, -0.1) is 0 Å². The molecule has 0 aliphatic carbocycles. The van der Waals surface area contributed by atoms with Crippen molar-refractivity contribution in [3.8, 4) is 5.75 Å². The number of hydrogen-bond acceptors (Lipinski definition) is 2. The van der Waals surface area contributed by atoms with Gasteiger partial charge in [-0.2, -0.15) is 0 Å². The van der Waals surface area contributed by atoms with Crippen LogP contribution >= 0.6 is 15.9 Å². The largest absolute Gasteiger partial charge is 0.497 e. The van der Waals surface area contributed by atoms with E-state index < -0.39 is 5.97 Å². The average Bonchev–Trinajstić information content (AvgIpc) is 2.46. The second-order valence-electron chi connectivity index (χ2n) is 4.03. The van der Waals surface area contributed by atoms with Crippen molar-refractivity contribution >= 4 is 21.9 Å². The van der Waals surface area contributed by atoms with Crippen molar-refractivity contribution < 1.29 is 14.6 Å². The van der Waals surface area contributed by atoms with Crippen LogP contribution in [0.4, 0.5) is 0 Å². The zero-order valence-corrected chi connectivity index (χ0v) is 11.9. The summed E-state index contributed by atoms with van der Waals surface area (Å²) in [4.78, 5) is 11.1. The summed E-state index contributed by atoms with van der Waals surface area (Å²) in [5.74, 6) is -0.150. The molecule has 0 amide bonds. The van der Waals surface area contributed by atoms with Crippen molar-refractivity contribution in [3.63, 3.8) is 0 Å². The highest BCUT2D eigenvalue weighted by Crippen LogP contribution is 2.33. The number of carboxylic acids is 1. The molecule has 0 aliphatic heterocycles. The lowest BCUT2D eigenvalue weighted by atomic mass is 9.99. The average molecular weight is 321 g/mol. The Morgan fingerprint density at radius 1 is 1.16 bits per heavy atom. The second kappa shape index (κ2) is 5.89. The van der Waals surface area contributed by atoms with Crippen molar-refractivity contribution in [1.82, 2.24) is 0 Å². The Hall–Kier alpha value is -1.81. The molecule has 19 heavy (non-hydrogen) atoms. The standard InChI is InChI=1S/C15H13BrO3/c1-19-11-8-6-10(7-9-11)14(16)12-4-2-3-5-13(12)15(17)18/h2-9,14H,1H3,(H,17,18). The fourth-order valence-corrected chi connectivity index (χ4v) is 2.57. The van der Waals surface area contributed by atoms with Crippen LogP contribution in [0.25, 0.3) is 0 Å². The highest BCUT2D eigenvalue weighted by molar-refractivity contribution is 9.09. The zero-order valence-electron chi connectivity index (χ0n) is 10.3. The number of methoxy groups -OCH3 is 1. The van der Waals surface area contributed by atoms with E-state index in [0.717, 1.165) is 16.9 Å². The van der Waals surface area contributed by atoms with Gasteiger partial charge in [0.25, 0.3) is 0 Å². The summed E-state index contributed by atoms with van der Waals surface area (Å²) in [7, 11) is 1.61. The number of carbonyl (C=O) groups is 1. The van der Waals surface area contributed by atoms with E-state index in [-0.39, 0.29) is 4.83 Å². The van der Waals surface area contributed by atoms with Gasteiger partial charge in [-0.1, -0.05) is 46.3 Å². The number of aromatic carboxylic acids is 1. The highest BCUT2D eigenvalue weighted by atomic mass is 79.9. The maximum Gasteiger partial charge on any atom is 0.336 e. The van der Waals surface area contributed by atoms with E-state index in [1.807, 2.05) is 36.4 Å². The van der Waals surface area contributed by atoms with E-state index in [1.165, 1.54) is 0 Å². The molecule has 2 aromatic rings. The molecule has 98 valence electrons. The van der Waals surface area contributed by atoms with Gasteiger partial charge >= 0.3 is 5.97 Å². The summed E-state index contributed by atoms with van der Waals surface area (Å²) in [6.07, 6.45) is 0. The van der Waals surface area contributed by atoms with Crippen LogP contribution in [0.2, 0.25) is 0 Å². The lowest BCUT2D eigenvalue weighted by Crippen LogP contribution is -2.04. The SMILES string of the molecule is COc1ccc(C(Br)c2ccccc2C(=O)O)cc1. The molecule has 1 N–H and O–H groups in total. The normalized spacial score (nSPS) is 11.9. The van der Waals surface area contributed by atoms with E-state index in [0.29, 0.717) is 5.56 Å². The van der Waals surface area contributed by atoms with Gasteiger partial charge in [-0.05, 0) is 29.3 Å². The lowest BCUT2D eigenvalue weighted by molar-refractivity contribution is 0.0696. The van der Waals surface area contributed by atoms with Crippen LogP contribution in [0.15, 0.2) is 48.5 Å². The fraction of sp³-hybridized carbons (Fsp3) is 0.133. The maximum absolute atomic E-state index is 11.2. The molecule has 0 saturated heterocycles. The zero-order chi connectivity index (χ0) is 13.8. The molecular weight excluding hydrogens is 308 g/mol. The predicted molar refractivity (Wildman–Crippen MR) is 77.2 cm³/mol. The van der Waals surface area contributed by atoms with Crippen molar-refractivity contribution in [3.05, 3.63) is 65.2 Å². The molecule has 1 unspecified atom stereocenters. The Kier molecular flexibility index (Phi) is 4.22. The third kappa shape index (κ3) is 2.96. The molecule has 0 aliphatic rings. The molecule has 0 saturated carbocycles. The molecule has 0 fully saturated rings. The van der Waals surface area contributed by atoms with Gasteiger partial charge in [0.15, 0.2) is 0 Å². The third-order valence-corrected chi connectivity index (χ3v) is 3.89. The first-order chi connectivity index (χ1) is 9.13. The molecule has 0 radical (unpaired) electrons. The molecule has 3 nitrogen and oxygen atoms in total. The van der Waals surface area contributed by atoms with Crippen LogP contribution in [0, 0.1) is 0 Å². The Bertz CT molecular complexity index is 578. The number of benzene rings is 2. The third-order valence-electron chi connectivity index (χ3n) is 2.87. The topological polar surface area (TPSA) is 46.5 Å². The van der Waals surface area contributed by atoms with Gasteiger partial charge in [0.2, 0.25) is 0 Å². The van der Waals surface area contributed by atoms with Gasteiger partial charge in [0, 0.05) is 0 Å². The first kappa shape index (κ1) is 13.6. The lowest BCUT2D eigenvalue weighted by Gasteiger charge is -2.13. The summed E-state index contributed by atoms with van der Waals surface area (Å²) in [6.45, 7) is 0. The molecular formula is C15H13BrO3. The van der Waals surface area contributed by atoms with E-state index in [4.69, 9.17) is 4.74 Å². The Morgan fingerprint density at radius 2 is 1.79 bits per heavy atom. The molecule has 2 aromatic carbocycles. The molecule has 2 rings (SSSR count). The molecule has 1 atom stereocenters. The summed E-state index contributed by atoms with van der Waals surface area (Å²) in [6, 6.07) is 14.5. The maximum atomic E-state index is 11.2. The quantitative estimate of drug-likeness (QED) is 0.870. The van der Waals surface area contributed by atoms with Gasteiger partial charge < -0.3 is 9.84 Å². The van der Waals surface area contributed by atoms with Crippen LogP contribution in [0.5, 0.6) is 5.75 Å². The highest BCUT2D eigenvalue weighted by Gasteiger charge is 2.17. The van der Waals surface area contributed by atoms with E-state index >= 15 is 0 Å². The minimum atomic E-state index is -0.923. The molecule has 4 heteroatoms. The van der Waals surface area contributed by atoms with Crippen LogP contribution < -0.4 is 4.74 Å². The molecule has 0 spiro atoms. The van der Waals surface area contributed by atoms with Crippen molar-refractivity contribution in [1.29, 1.82) is 0 Å². The van der Waals surface area contributed by atoms with Crippen LogP contribution in [0.1, 0.15) is 26.3 Å². The van der Waals surface area contributed by atoms with Gasteiger partial charge in [0.05, 0.1) is 17.5 Å². The Labute approximate surface area is 120 Å². The summed E-state index contributed by atoms with van der Waals surface area (Å²) in [5, 5.41) is 9.20. The van der Waals surface area contributed by atoms with E-state index in [2.05, 4.69) is 15.9 Å². The molecule has 0 bridgehead atoms. The van der Waals surface area contributed by atoms with Crippen molar-refractivity contribution in [2.45, 2.75) is 4.83 Å². The number of ether oxygens (including phenoxy) is 1. The summed E-state index contributed by atoms with van der Waals surface area (Å²) in [5.41, 5.74) is 2.02. The minimum Gasteiger partial charge on any atom is -0.497 e. The monoisotopic (exact) mass is 320 g/mol. The Morgan fingerprint density at radius 3 is 2.37 bits per heavy atom. The van der Waals surface area contributed by atoms with Crippen LogP contribution in [0.3, 0.4) is 0 Å². The summed E-state index contributed by atoms with van der Waals surface area (Å²) < 4.78 is 5.11. The van der Waals surface area contributed by atoms with Crippen LogP contribution in [-0.2, 0) is 0 Å². The van der Waals surface area contributed by atoms with Gasteiger partial charge in [0.1, 0.15) is 5.75 Å². The number of halogens is 1. The van der Waals surface area contributed by atoms with Crippen molar-refractivity contribution in [2.75, 3.05) is 7.11 Å². The summed E-state index contributed by atoms with van der Waals surface area (Å²) >= 11 is 3.56. The number of rotatable bonds is 4. The first-order valence-electron chi connectivity index (χ1n) is 5.73. The number of alkyl halides is 1.